The van der Waals surface area contributed by atoms with Crippen LogP contribution in [0.1, 0.15) is 56.3 Å². The Labute approximate surface area is 185 Å². The highest BCUT2D eigenvalue weighted by atomic mass is 32.2. The molecular weight excluding hydrogens is 430 g/mol. The normalized spacial score (nSPS) is 22.8. The zero-order valence-corrected chi connectivity index (χ0v) is 18.9. The average Bonchev–Trinajstić information content (AvgIpc) is 2.73. The summed E-state index contributed by atoms with van der Waals surface area (Å²) in [4.78, 5) is 14.9. The van der Waals surface area contributed by atoms with Crippen LogP contribution >= 0.6 is 11.9 Å². The van der Waals surface area contributed by atoms with Crippen LogP contribution in [0.25, 0.3) is 0 Å². The molecule has 1 N–H and O–H groups in total. The summed E-state index contributed by atoms with van der Waals surface area (Å²) in [6.45, 7) is 6.92. The maximum absolute atomic E-state index is 14.1. The molecule has 4 nitrogen and oxygen atoms in total. The summed E-state index contributed by atoms with van der Waals surface area (Å²) < 4.78 is 58.4. The van der Waals surface area contributed by atoms with Crippen molar-refractivity contribution in [1.29, 1.82) is 0 Å². The fraction of sp³-hybridized carbons (Fsp3) is 0.682. The van der Waals surface area contributed by atoms with Gasteiger partial charge in [-0.15, -0.1) is 0 Å². The van der Waals surface area contributed by atoms with Crippen LogP contribution in [0.15, 0.2) is 18.2 Å². The van der Waals surface area contributed by atoms with E-state index in [-0.39, 0.29) is 25.7 Å². The molecule has 0 aromatic heterocycles. The molecular formula is C22H31F4N3OS. The molecule has 1 saturated heterocycles. The molecule has 1 aliphatic heterocycles. The van der Waals surface area contributed by atoms with E-state index < -0.39 is 40.6 Å². The van der Waals surface area contributed by atoms with Gasteiger partial charge in [-0.05, 0) is 38.3 Å². The lowest BCUT2D eigenvalue weighted by Crippen LogP contribution is -2.66. The largest absolute Gasteiger partial charge is 0.348 e. The van der Waals surface area contributed by atoms with Crippen LogP contribution in [-0.2, 0) is 0 Å². The molecule has 1 aromatic rings. The standard InChI is InChI=1S/C22H31F4N3OS/c1-3-15-31-29-13-11-28(12-14-29)21(7-9-22(25,26)10-8-21)16(2)27-20(30)19-17(23)5-4-6-18(19)24/h4-6,16H,3,7-15H2,1-2H3,(H,27,30). The summed E-state index contributed by atoms with van der Waals surface area (Å²) in [5, 5.41) is 2.73. The van der Waals surface area contributed by atoms with Crippen LogP contribution in [0.3, 0.4) is 0 Å². The molecule has 0 bridgehead atoms. The third kappa shape index (κ3) is 5.54. The fourth-order valence-corrected chi connectivity index (χ4v) is 5.53. The van der Waals surface area contributed by atoms with E-state index in [2.05, 4.69) is 21.4 Å². The van der Waals surface area contributed by atoms with Crippen molar-refractivity contribution in [1.82, 2.24) is 14.5 Å². The Morgan fingerprint density at radius 2 is 1.68 bits per heavy atom. The van der Waals surface area contributed by atoms with Crippen LogP contribution in [0, 0.1) is 11.6 Å². The number of hydrogen-bond acceptors (Lipinski definition) is 4. The Balaban J connectivity index is 1.76. The number of nitrogens with zero attached hydrogens (tertiary/aromatic N) is 2. The molecule has 1 saturated carbocycles. The average molecular weight is 462 g/mol. The number of piperazine rings is 1. The summed E-state index contributed by atoms with van der Waals surface area (Å²) >= 11 is 1.80. The predicted octanol–water partition coefficient (Wildman–Crippen LogP) is 4.71. The topological polar surface area (TPSA) is 35.6 Å². The van der Waals surface area contributed by atoms with Crippen molar-refractivity contribution in [2.24, 2.45) is 0 Å². The number of rotatable bonds is 7. The van der Waals surface area contributed by atoms with Gasteiger partial charge >= 0.3 is 0 Å². The van der Waals surface area contributed by atoms with Gasteiger partial charge in [0, 0.05) is 56.4 Å². The number of carbonyl (C=O) groups is 1. The highest BCUT2D eigenvalue weighted by molar-refractivity contribution is 7.97. The molecule has 174 valence electrons. The number of halogens is 4. The van der Waals surface area contributed by atoms with Crippen molar-refractivity contribution >= 4 is 17.9 Å². The van der Waals surface area contributed by atoms with Crippen molar-refractivity contribution in [3.05, 3.63) is 35.4 Å². The van der Waals surface area contributed by atoms with Gasteiger partial charge in [0.05, 0.1) is 0 Å². The summed E-state index contributed by atoms with van der Waals surface area (Å²) in [6.07, 6.45) is 1.02. The smallest absolute Gasteiger partial charge is 0.257 e. The van der Waals surface area contributed by atoms with Crippen LogP contribution in [0.5, 0.6) is 0 Å². The summed E-state index contributed by atoms with van der Waals surface area (Å²) in [7, 11) is 0. The van der Waals surface area contributed by atoms with E-state index in [1.54, 1.807) is 18.9 Å². The Hall–Kier alpha value is -1.32. The van der Waals surface area contributed by atoms with Crippen molar-refractivity contribution in [2.45, 2.75) is 63.5 Å². The van der Waals surface area contributed by atoms with Gasteiger partial charge in [0.25, 0.3) is 5.91 Å². The van der Waals surface area contributed by atoms with Gasteiger partial charge in [0.15, 0.2) is 0 Å². The Morgan fingerprint density at radius 1 is 1.10 bits per heavy atom. The Morgan fingerprint density at radius 3 is 2.23 bits per heavy atom. The highest BCUT2D eigenvalue weighted by Crippen LogP contribution is 2.44. The van der Waals surface area contributed by atoms with Gasteiger partial charge < -0.3 is 5.32 Å². The van der Waals surface area contributed by atoms with Crippen LogP contribution in [-0.4, -0.2) is 64.5 Å². The van der Waals surface area contributed by atoms with Gasteiger partial charge in [0.1, 0.15) is 17.2 Å². The van der Waals surface area contributed by atoms with Gasteiger partial charge in [0.2, 0.25) is 5.92 Å². The highest BCUT2D eigenvalue weighted by Gasteiger charge is 2.50. The van der Waals surface area contributed by atoms with E-state index in [1.807, 2.05) is 0 Å². The lowest BCUT2D eigenvalue weighted by molar-refractivity contribution is -0.0946. The number of amides is 1. The van der Waals surface area contributed by atoms with E-state index >= 15 is 0 Å². The van der Waals surface area contributed by atoms with Crippen LogP contribution in [0.2, 0.25) is 0 Å². The summed E-state index contributed by atoms with van der Waals surface area (Å²) in [6, 6.07) is 2.73. The zero-order chi connectivity index (χ0) is 22.6. The first kappa shape index (κ1) is 24.3. The molecule has 2 aliphatic rings. The first-order valence-corrected chi connectivity index (χ1v) is 11.9. The minimum absolute atomic E-state index is 0.225. The van der Waals surface area contributed by atoms with Crippen LogP contribution in [0.4, 0.5) is 17.6 Å². The van der Waals surface area contributed by atoms with E-state index in [1.165, 1.54) is 6.07 Å². The lowest BCUT2D eigenvalue weighted by atomic mass is 9.73. The second-order valence-electron chi connectivity index (χ2n) is 8.50. The molecule has 3 rings (SSSR count). The van der Waals surface area contributed by atoms with Gasteiger partial charge in [-0.2, -0.15) is 0 Å². The minimum atomic E-state index is -2.72. The number of carbonyl (C=O) groups excluding carboxylic acids is 1. The molecule has 0 spiro atoms. The quantitative estimate of drug-likeness (QED) is 0.471. The Bertz CT molecular complexity index is 741. The molecule has 1 aliphatic carbocycles. The van der Waals surface area contributed by atoms with Gasteiger partial charge in [-0.25, -0.2) is 21.9 Å². The first-order chi connectivity index (χ1) is 14.7. The second kappa shape index (κ2) is 10.1. The fourth-order valence-electron chi connectivity index (χ4n) is 4.67. The van der Waals surface area contributed by atoms with Crippen LogP contribution < -0.4 is 5.32 Å². The van der Waals surface area contributed by atoms with E-state index in [9.17, 15) is 22.4 Å². The first-order valence-electron chi connectivity index (χ1n) is 10.9. The zero-order valence-electron chi connectivity index (χ0n) is 18.1. The monoisotopic (exact) mass is 461 g/mol. The van der Waals surface area contributed by atoms with Crippen molar-refractivity contribution in [3.63, 3.8) is 0 Å². The molecule has 1 unspecified atom stereocenters. The number of hydrogen-bond donors (Lipinski definition) is 1. The molecule has 1 heterocycles. The molecule has 9 heteroatoms. The minimum Gasteiger partial charge on any atom is -0.348 e. The summed E-state index contributed by atoms with van der Waals surface area (Å²) in [5.41, 5.74) is -1.30. The van der Waals surface area contributed by atoms with Gasteiger partial charge in [-0.3, -0.25) is 9.69 Å². The van der Waals surface area contributed by atoms with Gasteiger partial charge in [-0.1, -0.05) is 24.9 Å². The molecule has 0 radical (unpaired) electrons. The molecule has 31 heavy (non-hydrogen) atoms. The molecule has 1 aromatic carbocycles. The lowest BCUT2D eigenvalue weighted by Gasteiger charge is -2.53. The molecule has 1 amide bonds. The van der Waals surface area contributed by atoms with Crippen molar-refractivity contribution < 1.29 is 22.4 Å². The van der Waals surface area contributed by atoms with E-state index in [0.717, 1.165) is 37.4 Å². The SMILES string of the molecule is CCCSN1CCN(C2(C(C)NC(=O)c3c(F)cccc3F)CCC(F)(F)CC2)CC1. The number of alkyl halides is 2. The third-order valence-electron chi connectivity index (χ3n) is 6.54. The second-order valence-corrected chi connectivity index (χ2v) is 9.68. The van der Waals surface area contributed by atoms with Crippen molar-refractivity contribution in [3.8, 4) is 0 Å². The predicted molar refractivity (Wildman–Crippen MR) is 115 cm³/mol. The number of benzene rings is 1. The maximum atomic E-state index is 14.1. The summed E-state index contributed by atoms with van der Waals surface area (Å²) in [5.74, 6) is -4.40. The number of nitrogens with one attached hydrogen (secondary N) is 1. The molecule has 2 fully saturated rings. The van der Waals surface area contributed by atoms with Crippen molar-refractivity contribution in [2.75, 3.05) is 31.9 Å². The molecule has 1 atom stereocenters. The Kier molecular flexibility index (Phi) is 7.91. The van der Waals surface area contributed by atoms with E-state index in [0.29, 0.717) is 13.1 Å². The third-order valence-corrected chi connectivity index (χ3v) is 7.86. The maximum Gasteiger partial charge on any atom is 0.257 e. The van der Waals surface area contributed by atoms with E-state index in [4.69, 9.17) is 0 Å².